The van der Waals surface area contributed by atoms with Gasteiger partial charge in [0.2, 0.25) is 0 Å². The summed E-state index contributed by atoms with van der Waals surface area (Å²) >= 11 is 3.37. The number of rotatable bonds is 4. The highest BCUT2D eigenvalue weighted by Gasteiger charge is 2.30. The fraction of sp³-hybridized carbons (Fsp3) is 0.500. The van der Waals surface area contributed by atoms with E-state index in [1.807, 2.05) is 19.9 Å². The standard InChI is InChI=1S/C16H20BrNO4/c1-10(2)22-14-6-5-12(17)8-13(14)15(19)18-7-3-4-11(9-18)16(20)21/h5-6,8,10-11H,3-4,7,9H2,1-2H3,(H,20,21). The number of ether oxygens (including phenoxy) is 1. The molecule has 6 heteroatoms. The van der Waals surface area contributed by atoms with Gasteiger partial charge < -0.3 is 14.7 Å². The summed E-state index contributed by atoms with van der Waals surface area (Å²) in [6, 6.07) is 5.31. The van der Waals surface area contributed by atoms with Crippen LogP contribution in [0.25, 0.3) is 0 Å². The van der Waals surface area contributed by atoms with Crippen LogP contribution in [0, 0.1) is 5.92 Å². The molecule has 120 valence electrons. The summed E-state index contributed by atoms with van der Waals surface area (Å²) in [6.45, 7) is 4.63. The SMILES string of the molecule is CC(C)Oc1ccc(Br)cc1C(=O)N1CCCC(C(=O)O)C1. The van der Waals surface area contributed by atoms with Gasteiger partial charge >= 0.3 is 5.97 Å². The zero-order valence-electron chi connectivity index (χ0n) is 12.7. The van der Waals surface area contributed by atoms with E-state index >= 15 is 0 Å². The minimum absolute atomic E-state index is 0.0409. The molecule has 1 saturated heterocycles. The number of piperidine rings is 1. The summed E-state index contributed by atoms with van der Waals surface area (Å²) in [7, 11) is 0. The summed E-state index contributed by atoms with van der Waals surface area (Å²) in [5.41, 5.74) is 0.467. The third kappa shape index (κ3) is 4.00. The highest BCUT2D eigenvalue weighted by atomic mass is 79.9. The van der Waals surface area contributed by atoms with E-state index < -0.39 is 11.9 Å². The van der Waals surface area contributed by atoms with Crippen molar-refractivity contribution in [3.8, 4) is 5.75 Å². The van der Waals surface area contributed by atoms with Crippen molar-refractivity contribution >= 4 is 27.8 Å². The Bertz CT molecular complexity index is 573. The molecule has 5 nitrogen and oxygen atoms in total. The van der Waals surface area contributed by atoms with Gasteiger partial charge in [0.15, 0.2) is 0 Å². The molecule has 1 aromatic rings. The van der Waals surface area contributed by atoms with Gasteiger partial charge in [0, 0.05) is 17.6 Å². The summed E-state index contributed by atoms with van der Waals surface area (Å²) in [4.78, 5) is 25.5. The van der Waals surface area contributed by atoms with E-state index in [0.717, 1.165) is 4.47 Å². The number of nitrogens with zero attached hydrogens (tertiary/aromatic N) is 1. The van der Waals surface area contributed by atoms with Crippen molar-refractivity contribution in [1.82, 2.24) is 4.90 Å². The molecule has 0 aromatic heterocycles. The Labute approximate surface area is 138 Å². The van der Waals surface area contributed by atoms with Crippen LogP contribution in [0.1, 0.15) is 37.0 Å². The third-order valence-corrected chi connectivity index (χ3v) is 4.09. The van der Waals surface area contributed by atoms with E-state index in [2.05, 4.69) is 15.9 Å². The van der Waals surface area contributed by atoms with Crippen LogP contribution in [0.3, 0.4) is 0 Å². The van der Waals surface area contributed by atoms with Crippen molar-refractivity contribution in [1.29, 1.82) is 0 Å². The Morgan fingerprint density at radius 1 is 1.41 bits per heavy atom. The minimum atomic E-state index is -0.842. The average molecular weight is 370 g/mol. The summed E-state index contributed by atoms with van der Waals surface area (Å²) in [5, 5.41) is 9.16. The molecule has 0 bridgehead atoms. The Morgan fingerprint density at radius 2 is 2.14 bits per heavy atom. The maximum Gasteiger partial charge on any atom is 0.308 e. The van der Waals surface area contributed by atoms with Gasteiger partial charge in [-0.1, -0.05) is 15.9 Å². The van der Waals surface area contributed by atoms with Gasteiger partial charge in [-0.05, 0) is 44.9 Å². The van der Waals surface area contributed by atoms with Crippen LogP contribution in [-0.2, 0) is 4.79 Å². The number of carboxylic acids is 1. The number of benzene rings is 1. The van der Waals surface area contributed by atoms with Crippen LogP contribution in [0.2, 0.25) is 0 Å². The molecule has 2 rings (SSSR count). The lowest BCUT2D eigenvalue weighted by molar-refractivity contribution is -0.143. The van der Waals surface area contributed by atoms with Crippen molar-refractivity contribution in [3.63, 3.8) is 0 Å². The summed E-state index contributed by atoms with van der Waals surface area (Å²) < 4.78 is 6.49. The van der Waals surface area contributed by atoms with E-state index in [-0.39, 0.29) is 18.6 Å². The highest BCUT2D eigenvalue weighted by molar-refractivity contribution is 9.10. The van der Waals surface area contributed by atoms with Gasteiger partial charge in [-0.3, -0.25) is 9.59 Å². The highest BCUT2D eigenvalue weighted by Crippen LogP contribution is 2.27. The van der Waals surface area contributed by atoms with Crippen molar-refractivity contribution < 1.29 is 19.4 Å². The van der Waals surface area contributed by atoms with Gasteiger partial charge in [-0.2, -0.15) is 0 Å². The molecule has 0 spiro atoms. The van der Waals surface area contributed by atoms with Crippen LogP contribution in [0.15, 0.2) is 22.7 Å². The van der Waals surface area contributed by atoms with Crippen LogP contribution < -0.4 is 4.74 Å². The first-order valence-corrected chi connectivity index (χ1v) is 8.16. The fourth-order valence-electron chi connectivity index (χ4n) is 2.56. The van der Waals surface area contributed by atoms with E-state index in [9.17, 15) is 9.59 Å². The number of carbonyl (C=O) groups excluding carboxylic acids is 1. The zero-order valence-corrected chi connectivity index (χ0v) is 14.3. The van der Waals surface area contributed by atoms with Crippen molar-refractivity contribution in [3.05, 3.63) is 28.2 Å². The molecule has 0 aliphatic carbocycles. The number of carbonyl (C=O) groups is 2. The molecule has 1 heterocycles. The molecule has 1 unspecified atom stereocenters. The quantitative estimate of drug-likeness (QED) is 0.884. The number of amides is 1. The molecule has 1 aliphatic heterocycles. The Morgan fingerprint density at radius 3 is 2.77 bits per heavy atom. The molecule has 1 aliphatic rings. The van der Waals surface area contributed by atoms with Crippen molar-refractivity contribution in [2.24, 2.45) is 5.92 Å². The molecule has 0 radical (unpaired) electrons. The zero-order chi connectivity index (χ0) is 16.3. The number of halogens is 1. The molecular formula is C16H20BrNO4. The molecule has 1 atom stereocenters. The Balaban J connectivity index is 2.24. The Hall–Kier alpha value is -1.56. The molecule has 0 saturated carbocycles. The second-order valence-electron chi connectivity index (χ2n) is 5.74. The number of carboxylic acid groups (broad SMARTS) is 1. The van der Waals surface area contributed by atoms with Gasteiger partial charge in [-0.25, -0.2) is 0 Å². The van der Waals surface area contributed by atoms with Crippen LogP contribution in [0.5, 0.6) is 5.75 Å². The van der Waals surface area contributed by atoms with Gasteiger partial charge in [0.25, 0.3) is 5.91 Å². The molecule has 1 amide bonds. The lowest BCUT2D eigenvalue weighted by Crippen LogP contribution is -2.42. The van der Waals surface area contributed by atoms with Crippen molar-refractivity contribution in [2.45, 2.75) is 32.8 Å². The molecule has 1 fully saturated rings. The van der Waals surface area contributed by atoms with Gasteiger partial charge in [-0.15, -0.1) is 0 Å². The second-order valence-corrected chi connectivity index (χ2v) is 6.65. The minimum Gasteiger partial charge on any atom is -0.490 e. The number of likely N-dealkylation sites (tertiary alicyclic amines) is 1. The van der Waals surface area contributed by atoms with E-state index in [4.69, 9.17) is 9.84 Å². The first-order valence-electron chi connectivity index (χ1n) is 7.36. The molecule has 22 heavy (non-hydrogen) atoms. The monoisotopic (exact) mass is 369 g/mol. The number of hydrogen-bond acceptors (Lipinski definition) is 3. The first-order chi connectivity index (χ1) is 10.4. The van der Waals surface area contributed by atoms with Crippen molar-refractivity contribution in [2.75, 3.05) is 13.1 Å². The van der Waals surface area contributed by atoms with Gasteiger partial charge in [0.05, 0.1) is 17.6 Å². The van der Waals surface area contributed by atoms with E-state index in [1.165, 1.54) is 0 Å². The van der Waals surface area contributed by atoms with Crippen LogP contribution in [-0.4, -0.2) is 41.1 Å². The van der Waals surface area contributed by atoms with E-state index in [0.29, 0.717) is 30.7 Å². The first kappa shape index (κ1) is 16.8. The Kier molecular flexibility index (Phi) is 5.45. The maximum atomic E-state index is 12.8. The molecule has 1 aromatic carbocycles. The maximum absolute atomic E-state index is 12.8. The lowest BCUT2D eigenvalue weighted by atomic mass is 9.97. The average Bonchev–Trinajstić information content (AvgIpc) is 2.48. The fourth-order valence-corrected chi connectivity index (χ4v) is 2.92. The number of hydrogen-bond donors (Lipinski definition) is 1. The second kappa shape index (κ2) is 7.13. The normalized spacial score (nSPS) is 18.4. The molecule has 1 N–H and O–H groups in total. The van der Waals surface area contributed by atoms with Gasteiger partial charge in [0.1, 0.15) is 5.75 Å². The smallest absolute Gasteiger partial charge is 0.308 e. The predicted octanol–water partition coefficient (Wildman–Crippen LogP) is 3.17. The van der Waals surface area contributed by atoms with E-state index in [1.54, 1.807) is 17.0 Å². The molecular weight excluding hydrogens is 350 g/mol. The third-order valence-electron chi connectivity index (χ3n) is 3.59. The predicted molar refractivity (Wildman–Crippen MR) is 86.2 cm³/mol. The summed E-state index contributed by atoms with van der Waals surface area (Å²) in [6.07, 6.45) is 1.28. The summed E-state index contributed by atoms with van der Waals surface area (Å²) in [5.74, 6) is -0.978. The largest absolute Gasteiger partial charge is 0.490 e. The topological polar surface area (TPSA) is 66.8 Å². The lowest BCUT2D eigenvalue weighted by Gasteiger charge is -2.31. The number of aliphatic carboxylic acids is 1. The van der Waals surface area contributed by atoms with Crippen LogP contribution >= 0.6 is 15.9 Å². The van der Waals surface area contributed by atoms with Crippen LogP contribution in [0.4, 0.5) is 0 Å².